The van der Waals surface area contributed by atoms with Gasteiger partial charge >= 0.3 is 0 Å². The highest BCUT2D eigenvalue weighted by molar-refractivity contribution is 6.30. The number of benzene rings is 1. The normalized spacial score (nSPS) is 29.5. The number of rotatable bonds is 3. The summed E-state index contributed by atoms with van der Waals surface area (Å²) in [7, 11) is 0. The minimum Gasteiger partial charge on any atom is -0.267 e. The van der Waals surface area contributed by atoms with E-state index >= 15 is 0 Å². The largest absolute Gasteiger partial charge is 0.269 e. The van der Waals surface area contributed by atoms with Crippen LogP contribution in [-0.4, -0.2) is 16.8 Å². The fourth-order valence-corrected chi connectivity index (χ4v) is 6.36. The van der Waals surface area contributed by atoms with Gasteiger partial charge in [-0.15, -0.1) is 0 Å². The van der Waals surface area contributed by atoms with Crippen LogP contribution in [0.4, 0.5) is 0 Å². The number of hydrogen-bond donors (Lipinski definition) is 2. The number of nitrogens with zero attached hydrogens (tertiary/aromatic N) is 1. The highest BCUT2D eigenvalue weighted by Gasteiger charge is 2.52. The molecule has 1 aromatic carbocycles. The zero-order valence-electron chi connectivity index (χ0n) is 16.2. The van der Waals surface area contributed by atoms with Crippen molar-refractivity contribution >= 4 is 23.4 Å². The number of hydrazine groups is 1. The minimum atomic E-state index is -0.406. The molecule has 2 amide bonds. The molecule has 29 heavy (non-hydrogen) atoms. The maximum absolute atomic E-state index is 12.6. The van der Waals surface area contributed by atoms with Crippen molar-refractivity contribution in [2.24, 2.45) is 17.8 Å². The number of halogens is 1. The van der Waals surface area contributed by atoms with Gasteiger partial charge in [-0.05, 0) is 86.6 Å². The van der Waals surface area contributed by atoms with E-state index in [0.717, 1.165) is 23.4 Å². The molecule has 6 rings (SSSR count). The van der Waals surface area contributed by atoms with Crippen LogP contribution in [0.25, 0.3) is 0 Å². The molecular weight excluding hydrogens is 386 g/mol. The minimum absolute atomic E-state index is 0.134. The van der Waals surface area contributed by atoms with E-state index in [2.05, 4.69) is 15.8 Å². The molecule has 5 nitrogen and oxygen atoms in total. The second kappa shape index (κ2) is 7.13. The summed E-state index contributed by atoms with van der Waals surface area (Å²) in [5.41, 5.74) is 7.07. The van der Waals surface area contributed by atoms with Crippen molar-refractivity contribution in [1.82, 2.24) is 15.8 Å². The molecule has 1 aromatic heterocycles. The van der Waals surface area contributed by atoms with Crippen molar-refractivity contribution in [2.45, 2.75) is 43.9 Å². The van der Waals surface area contributed by atoms with E-state index in [0.29, 0.717) is 16.1 Å². The van der Waals surface area contributed by atoms with Crippen LogP contribution < -0.4 is 10.9 Å². The molecule has 4 saturated carbocycles. The molecular formula is C23H24ClN3O2. The summed E-state index contributed by atoms with van der Waals surface area (Å²) in [4.78, 5) is 29.6. The van der Waals surface area contributed by atoms with E-state index in [4.69, 9.17) is 11.6 Å². The fraction of sp³-hybridized carbons (Fsp3) is 0.435. The Kier molecular flexibility index (Phi) is 4.58. The molecule has 4 aliphatic carbocycles. The van der Waals surface area contributed by atoms with Gasteiger partial charge in [-0.3, -0.25) is 25.4 Å². The molecule has 4 bridgehead atoms. The van der Waals surface area contributed by atoms with Gasteiger partial charge < -0.3 is 0 Å². The summed E-state index contributed by atoms with van der Waals surface area (Å²) in [5.74, 6) is 1.71. The zero-order chi connectivity index (χ0) is 20.0. The van der Waals surface area contributed by atoms with Crippen LogP contribution in [-0.2, 0) is 5.41 Å². The van der Waals surface area contributed by atoms with Crippen LogP contribution in [0.1, 0.15) is 64.9 Å². The molecule has 0 radical (unpaired) electrons. The molecule has 0 atom stereocenters. The van der Waals surface area contributed by atoms with Crippen LogP contribution in [0, 0.1) is 17.8 Å². The Balaban J connectivity index is 1.30. The zero-order valence-corrected chi connectivity index (χ0v) is 16.9. The predicted octanol–water partition coefficient (Wildman–Crippen LogP) is 4.28. The third kappa shape index (κ3) is 3.52. The lowest BCUT2D eigenvalue weighted by Gasteiger charge is -2.56. The molecule has 0 aliphatic heterocycles. The average Bonchev–Trinajstić information content (AvgIpc) is 2.71. The van der Waals surface area contributed by atoms with Crippen LogP contribution in [0.15, 0.2) is 42.6 Å². The molecule has 2 aromatic rings. The van der Waals surface area contributed by atoms with Crippen LogP contribution >= 0.6 is 11.6 Å². The van der Waals surface area contributed by atoms with Gasteiger partial charge in [0.15, 0.2) is 0 Å². The second-order valence-corrected chi connectivity index (χ2v) is 9.48. The van der Waals surface area contributed by atoms with Crippen molar-refractivity contribution in [3.63, 3.8) is 0 Å². The standard InChI is InChI=1S/C23H24ClN3O2/c24-19-3-1-2-17(9-19)21(28)26-27-22(29)18-4-5-25-20(10-18)23-11-14-6-15(12-23)8-16(7-14)13-23/h1-5,9-10,14-16H,6-8,11-13H2,(H,26,28)(H,27,29). The third-order valence-electron chi connectivity index (χ3n) is 6.98. The highest BCUT2D eigenvalue weighted by Crippen LogP contribution is 2.60. The average molecular weight is 410 g/mol. The van der Waals surface area contributed by atoms with E-state index in [9.17, 15) is 9.59 Å². The Labute approximate surface area is 175 Å². The molecule has 2 N–H and O–H groups in total. The Bertz CT molecular complexity index is 939. The number of amides is 2. The smallest absolute Gasteiger partial charge is 0.267 e. The summed E-state index contributed by atoms with van der Waals surface area (Å²) in [6.07, 6.45) is 9.42. The van der Waals surface area contributed by atoms with E-state index in [1.54, 1.807) is 36.5 Å². The van der Waals surface area contributed by atoms with Crippen molar-refractivity contribution in [1.29, 1.82) is 0 Å². The van der Waals surface area contributed by atoms with E-state index in [1.807, 2.05) is 6.07 Å². The Morgan fingerprint density at radius 1 is 0.897 bits per heavy atom. The van der Waals surface area contributed by atoms with E-state index in [1.165, 1.54) is 38.5 Å². The van der Waals surface area contributed by atoms with Gasteiger partial charge in [-0.2, -0.15) is 0 Å². The number of pyridine rings is 1. The number of hydrogen-bond acceptors (Lipinski definition) is 3. The maximum Gasteiger partial charge on any atom is 0.269 e. The second-order valence-electron chi connectivity index (χ2n) is 9.05. The first-order chi connectivity index (χ1) is 14.0. The van der Waals surface area contributed by atoms with Gasteiger partial charge in [0.2, 0.25) is 0 Å². The lowest BCUT2D eigenvalue weighted by atomic mass is 9.48. The van der Waals surface area contributed by atoms with Gasteiger partial charge in [0, 0.05) is 33.5 Å². The fourth-order valence-electron chi connectivity index (χ4n) is 6.17. The number of aromatic nitrogens is 1. The highest BCUT2D eigenvalue weighted by atomic mass is 35.5. The first kappa shape index (κ1) is 18.6. The van der Waals surface area contributed by atoms with Crippen LogP contribution in [0.3, 0.4) is 0 Å². The topological polar surface area (TPSA) is 71.1 Å². The van der Waals surface area contributed by atoms with E-state index < -0.39 is 5.91 Å². The maximum atomic E-state index is 12.6. The third-order valence-corrected chi connectivity index (χ3v) is 7.22. The van der Waals surface area contributed by atoms with Crippen LogP contribution in [0.2, 0.25) is 5.02 Å². The molecule has 4 aliphatic rings. The predicted molar refractivity (Wildman–Crippen MR) is 110 cm³/mol. The van der Waals surface area contributed by atoms with Gasteiger partial charge in [0.05, 0.1) is 0 Å². The molecule has 1 heterocycles. The van der Waals surface area contributed by atoms with E-state index in [-0.39, 0.29) is 11.3 Å². The van der Waals surface area contributed by atoms with Crippen molar-refractivity contribution in [2.75, 3.05) is 0 Å². The van der Waals surface area contributed by atoms with Gasteiger partial charge in [0.25, 0.3) is 11.8 Å². The number of carbonyl (C=O) groups is 2. The molecule has 0 saturated heterocycles. The molecule has 150 valence electrons. The summed E-state index contributed by atoms with van der Waals surface area (Å²) in [6, 6.07) is 10.2. The number of nitrogens with one attached hydrogen (secondary N) is 2. The number of carbonyl (C=O) groups excluding carboxylic acids is 2. The molecule has 0 spiro atoms. The van der Waals surface area contributed by atoms with Crippen LogP contribution in [0.5, 0.6) is 0 Å². The van der Waals surface area contributed by atoms with Gasteiger partial charge in [-0.1, -0.05) is 17.7 Å². The molecule has 0 unspecified atom stereocenters. The Morgan fingerprint density at radius 3 is 2.07 bits per heavy atom. The summed E-state index contributed by atoms with van der Waals surface area (Å²) < 4.78 is 0. The molecule has 4 fully saturated rings. The lowest BCUT2D eigenvalue weighted by Crippen LogP contribution is -2.49. The Hall–Kier alpha value is -2.40. The van der Waals surface area contributed by atoms with Crippen molar-refractivity contribution < 1.29 is 9.59 Å². The van der Waals surface area contributed by atoms with Gasteiger partial charge in [0.1, 0.15) is 0 Å². The first-order valence-corrected chi connectivity index (χ1v) is 10.7. The lowest BCUT2D eigenvalue weighted by molar-refractivity contribution is -0.00722. The summed E-state index contributed by atoms with van der Waals surface area (Å²) in [6.45, 7) is 0. The quantitative estimate of drug-likeness (QED) is 0.743. The van der Waals surface area contributed by atoms with Crippen molar-refractivity contribution in [3.8, 4) is 0 Å². The monoisotopic (exact) mass is 409 g/mol. The first-order valence-electron chi connectivity index (χ1n) is 10.3. The summed E-state index contributed by atoms with van der Waals surface area (Å²) in [5, 5.41) is 0.471. The van der Waals surface area contributed by atoms with Gasteiger partial charge in [-0.25, -0.2) is 0 Å². The Morgan fingerprint density at radius 2 is 1.48 bits per heavy atom. The molecule has 6 heteroatoms. The SMILES string of the molecule is O=C(NNC(=O)c1ccnc(C23CC4CC(CC(C4)C2)C3)c1)c1cccc(Cl)c1. The van der Waals surface area contributed by atoms with Crippen molar-refractivity contribution in [3.05, 3.63) is 64.4 Å². The summed E-state index contributed by atoms with van der Waals surface area (Å²) >= 11 is 5.92.